The number of methoxy groups -OCH3 is 1. The van der Waals surface area contributed by atoms with Crippen LogP contribution in [0.25, 0.3) is 0 Å². The smallest absolute Gasteiger partial charge is 0.212 e. The number of carbonyl (C=O) groups is 2. The zero-order chi connectivity index (χ0) is 15.2. The number of amides is 1. The fourth-order valence-corrected chi connectivity index (χ4v) is 3.46. The predicted molar refractivity (Wildman–Crippen MR) is 83.6 cm³/mol. The zero-order valence-electron chi connectivity index (χ0n) is 12.1. The van der Waals surface area contributed by atoms with E-state index in [-0.39, 0.29) is 5.78 Å². The molecule has 0 saturated heterocycles. The molecule has 0 aliphatic heterocycles. The number of ketones is 1. The second kappa shape index (κ2) is 7.28. The Morgan fingerprint density at radius 2 is 2.29 bits per heavy atom. The highest BCUT2D eigenvalue weighted by Crippen LogP contribution is 2.39. The van der Waals surface area contributed by atoms with Crippen LogP contribution in [0.2, 0.25) is 0 Å². The molecule has 1 aliphatic carbocycles. The summed E-state index contributed by atoms with van der Waals surface area (Å²) in [6.07, 6.45) is 6.49. The van der Waals surface area contributed by atoms with E-state index in [1.54, 1.807) is 19.3 Å². The maximum Gasteiger partial charge on any atom is 0.212 e. The fourth-order valence-electron chi connectivity index (χ4n) is 2.25. The molecule has 112 valence electrons. The Hall–Kier alpha value is -1.79. The van der Waals surface area contributed by atoms with Crippen LogP contribution in [-0.4, -0.2) is 31.7 Å². The van der Waals surface area contributed by atoms with Gasteiger partial charge in [0.1, 0.15) is 10.8 Å². The van der Waals surface area contributed by atoms with Gasteiger partial charge in [0.05, 0.1) is 11.5 Å². The Bertz CT molecular complexity index is 602. The van der Waals surface area contributed by atoms with Gasteiger partial charge in [-0.1, -0.05) is 6.08 Å². The molecule has 0 saturated carbocycles. The minimum Gasteiger partial charge on any atom is -0.381 e. The van der Waals surface area contributed by atoms with Gasteiger partial charge in [-0.25, -0.2) is 4.99 Å². The second-order valence-electron chi connectivity index (χ2n) is 4.73. The van der Waals surface area contributed by atoms with Gasteiger partial charge in [-0.05, 0) is 37.0 Å². The van der Waals surface area contributed by atoms with Crippen molar-refractivity contribution in [1.82, 2.24) is 5.32 Å². The number of Topliss-reactive ketones (excluding diaryl/α,β-unsaturated/α-hetero) is 1. The van der Waals surface area contributed by atoms with Gasteiger partial charge in [0.2, 0.25) is 6.41 Å². The lowest BCUT2D eigenvalue weighted by Crippen LogP contribution is -2.18. The first-order valence-corrected chi connectivity index (χ1v) is 7.58. The molecular weight excluding hydrogens is 288 g/mol. The Kier molecular flexibility index (Phi) is 5.41. The number of rotatable bonds is 5. The van der Waals surface area contributed by atoms with Crippen molar-refractivity contribution in [1.29, 1.82) is 0 Å². The van der Waals surface area contributed by atoms with Crippen molar-refractivity contribution >= 4 is 34.4 Å². The summed E-state index contributed by atoms with van der Waals surface area (Å²) in [6, 6.07) is 0. The molecule has 1 aliphatic rings. The van der Waals surface area contributed by atoms with Gasteiger partial charge >= 0.3 is 0 Å². The summed E-state index contributed by atoms with van der Waals surface area (Å²) < 4.78 is 4.92. The van der Waals surface area contributed by atoms with Crippen molar-refractivity contribution < 1.29 is 14.3 Å². The molecule has 1 amide bonds. The van der Waals surface area contributed by atoms with Crippen molar-refractivity contribution in [3.8, 4) is 0 Å². The third-order valence-corrected chi connectivity index (χ3v) is 4.57. The number of amidine groups is 1. The van der Waals surface area contributed by atoms with Crippen LogP contribution in [0.5, 0.6) is 0 Å². The fraction of sp³-hybridized carbons (Fsp3) is 0.400. The van der Waals surface area contributed by atoms with Crippen molar-refractivity contribution in [2.24, 2.45) is 4.99 Å². The standard InChI is InChI=1S/C15H18N2O3S/c1-10-11-5-3-6-12(19)14(11)21-15(10)17-13(16-9-18)7-4-8-20-2/h4,7,9H,3,5-6,8H2,1-2H3,(H,16,17,18)/b7-4+. The van der Waals surface area contributed by atoms with Crippen LogP contribution < -0.4 is 5.32 Å². The van der Waals surface area contributed by atoms with Crippen LogP contribution in [0.1, 0.15) is 33.6 Å². The number of nitrogens with one attached hydrogen (secondary N) is 1. The van der Waals surface area contributed by atoms with Gasteiger partial charge in [0.15, 0.2) is 5.78 Å². The number of carbonyl (C=O) groups excluding carboxylic acids is 2. The lowest BCUT2D eigenvalue weighted by Gasteiger charge is -2.09. The average molecular weight is 306 g/mol. The molecule has 5 nitrogen and oxygen atoms in total. The highest BCUT2D eigenvalue weighted by Gasteiger charge is 2.23. The highest BCUT2D eigenvalue weighted by atomic mass is 32.1. The van der Waals surface area contributed by atoms with Crippen molar-refractivity contribution in [3.05, 3.63) is 28.2 Å². The number of thiophene rings is 1. The van der Waals surface area contributed by atoms with Gasteiger partial charge < -0.3 is 10.1 Å². The van der Waals surface area contributed by atoms with E-state index in [0.717, 1.165) is 33.8 Å². The molecule has 0 unspecified atom stereocenters. The summed E-state index contributed by atoms with van der Waals surface area (Å²) in [4.78, 5) is 27.9. The minimum atomic E-state index is 0.200. The number of hydrogen-bond acceptors (Lipinski definition) is 5. The molecule has 0 fully saturated rings. The Morgan fingerprint density at radius 3 is 2.95 bits per heavy atom. The van der Waals surface area contributed by atoms with Crippen molar-refractivity contribution in [2.75, 3.05) is 13.7 Å². The third kappa shape index (κ3) is 3.65. The first-order valence-electron chi connectivity index (χ1n) is 6.77. The lowest BCUT2D eigenvalue weighted by atomic mass is 9.95. The van der Waals surface area contributed by atoms with Crippen LogP contribution in [0, 0.1) is 6.92 Å². The van der Waals surface area contributed by atoms with Crippen LogP contribution in [0.4, 0.5) is 5.00 Å². The summed E-state index contributed by atoms with van der Waals surface area (Å²) in [6.45, 7) is 2.42. The topological polar surface area (TPSA) is 67.8 Å². The van der Waals surface area contributed by atoms with E-state index in [4.69, 9.17) is 4.74 Å². The first-order chi connectivity index (χ1) is 10.2. The number of nitrogens with zero attached hydrogens (tertiary/aromatic N) is 1. The van der Waals surface area contributed by atoms with Gasteiger partial charge in [0.25, 0.3) is 0 Å². The molecule has 6 heteroatoms. The molecule has 1 heterocycles. The molecule has 0 aromatic carbocycles. The molecule has 0 radical (unpaired) electrons. The summed E-state index contributed by atoms with van der Waals surface area (Å²) in [5.74, 6) is 0.641. The lowest BCUT2D eigenvalue weighted by molar-refractivity contribution is -0.108. The van der Waals surface area contributed by atoms with Crippen LogP contribution >= 0.6 is 11.3 Å². The van der Waals surface area contributed by atoms with E-state index in [1.807, 2.05) is 6.92 Å². The maximum atomic E-state index is 11.9. The van der Waals surface area contributed by atoms with Gasteiger partial charge in [-0.2, -0.15) is 0 Å². The molecule has 1 aromatic heterocycles. The quantitative estimate of drug-likeness (QED) is 0.516. The molecule has 2 rings (SSSR count). The van der Waals surface area contributed by atoms with Crippen LogP contribution in [0.15, 0.2) is 17.1 Å². The maximum absolute atomic E-state index is 11.9. The summed E-state index contributed by atoms with van der Waals surface area (Å²) in [5, 5.41) is 3.34. The molecule has 1 N–H and O–H groups in total. The van der Waals surface area contributed by atoms with Crippen molar-refractivity contribution in [2.45, 2.75) is 26.2 Å². The molecule has 0 bridgehead atoms. The van der Waals surface area contributed by atoms with Crippen LogP contribution in [0.3, 0.4) is 0 Å². The number of ether oxygens (including phenoxy) is 1. The van der Waals surface area contributed by atoms with Crippen LogP contribution in [-0.2, 0) is 16.0 Å². The van der Waals surface area contributed by atoms with E-state index in [1.165, 1.54) is 11.3 Å². The molecular formula is C15H18N2O3S. The van der Waals surface area contributed by atoms with Gasteiger partial charge in [-0.15, -0.1) is 11.3 Å². The zero-order valence-corrected chi connectivity index (χ0v) is 13.0. The van der Waals surface area contributed by atoms with E-state index < -0.39 is 0 Å². The molecule has 1 aromatic rings. The Balaban J connectivity index is 2.33. The summed E-state index contributed by atoms with van der Waals surface area (Å²) in [5.41, 5.74) is 2.15. The van der Waals surface area contributed by atoms with E-state index in [2.05, 4.69) is 10.3 Å². The minimum absolute atomic E-state index is 0.200. The summed E-state index contributed by atoms with van der Waals surface area (Å²) in [7, 11) is 1.59. The first kappa shape index (κ1) is 15.6. The summed E-state index contributed by atoms with van der Waals surface area (Å²) >= 11 is 1.41. The predicted octanol–water partition coefficient (Wildman–Crippen LogP) is 2.55. The Morgan fingerprint density at radius 1 is 1.48 bits per heavy atom. The van der Waals surface area contributed by atoms with Gasteiger partial charge in [-0.3, -0.25) is 9.59 Å². The van der Waals surface area contributed by atoms with E-state index >= 15 is 0 Å². The Labute approximate surface area is 127 Å². The highest BCUT2D eigenvalue weighted by molar-refractivity contribution is 7.18. The molecule has 0 atom stereocenters. The SMILES string of the molecule is COC/C=C/C(=N/c1sc2c(c1C)CCCC2=O)NC=O. The largest absolute Gasteiger partial charge is 0.381 e. The number of fused-ring (bicyclic) bond motifs is 1. The third-order valence-electron chi connectivity index (χ3n) is 3.30. The average Bonchev–Trinajstić information content (AvgIpc) is 2.78. The molecule has 21 heavy (non-hydrogen) atoms. The van der Waals surface area contributed by atoms with E-state index in [0.29, 0.717) is 25.3 Å². The molecule has 0 spiro atoms. The number of aliphatic imine (C=N–C) groups is 1. The van der Waals surface area contributed by atoms with Gasteiger partial charge in [0, 0.05) is 13.5 Å². The normalized spacial score (nSPS) is 15.3. The second-order valence-corrected chi connectivity index (χ2v) is 5.73. The van der Waals surface area contributed by atoms with E-state index in [9.17, 15) is 9.59 Å². The monoisotopic (exact) mass is 306 g/mol. The number of hydrogen-bond donors (Lipinski definition) is 1. The van der Waals surface area contributed by atoms with Crippen molar-refractivity contribution in [3.63, 3.8) is 0 Å².